The van der Waals surface area contributed by atoms with Gasteiger partial charge in [0, 0.05) is 12.2 Å². The van der Waals surface area contributed by atoms with Crippen LogP contribution in [-0.4, -0.2) is 11.6 Å². The van der Waals surface area contributed by atoms with Crippen molar-refractivity contribution in [2.75, 3.05) is 6.61 Å². The molecule has 0 spiro atoms. The Labute approximate surface area is 106 Å². The summed E-state index contributed by atoms with van der Waals surface area (Å²) in [4.78, 5) is 0.212. The standard InChI is InChI=1S/C13H16FNOS/c14-12-6-10(5-11(7-12)13(15)17)8-16-4-3-9-1-2-9/h5-7,9H,1-4,8H2,(H2,15,17). The second-order valence-electron chi connectivity index (χ2n) is 4.50. The highest BCUT2D eigenvalue weighted by atomic mass is 32.1. The molecule has 17 heavy (non-hydrogen) atoms. The van der Waals surface area contributed by atoms with Crippen LogP contribution in [-0.2, 0) is 11.3 Å². The van der Waals surface area contributed by atoms with Gasteiger partial charge in [-0.3, -0.25) is 0 Å². The maximum atomic E-state index is 13.3. The van der Waals surface area contributed by atoms with Crippen LogP contribution >= 0.6 is 12.2 Å². The van der Waals surface area contributed by atoms with Crippen molar-refractivity contribution in [1.82, 2.24) is 0 Å². The Kier molecular flexibility index (Phi) is 4.07. The predicted octanol–water partition coefficient (Wildman–Crippen LogP) is 2.78. The molecule has 0 unspecified atom stereocenters. The minimum Gasteiger partial charge on any atom is -0.389 e. The van der Waals surface area contributed by atoms with E-state index in [-0.39, 0.29) is 10.8 Å². The highest BCUT2D eigenvalue weighted by Gasteiger charge is 2.20. The van der Waals surface area contributed by atoms with Crippen LogP contribution in [0.15, 0.2) is 18.2 Å². The van der Waals surface area contributed by atoms with Crippen LogP contribution in [0.2, 0.25) is 0 Å². The lowest BCUT2D eigenvalue weighted by Gasteiger charge is -2.06. The van der Waals surface area contributed by atoms with E-state index in [1.54, 1.807) is 6.07 Å². The molecule has 2 nitrogen and oxygen atoms in total. The molecule has 0 saturated heterocycles. The zero-order chi connectivity index (χ0) is 12.3. The highest BCUT2D eigenvalue weighted by molar-refractivity contribution is 7.80. The van der Waals surface area contributed by atoms with E-state index < -0.39 is 0 Å². The zero-order valence-electron chi connectivity index (χ0n) is 9.62. The van der Waals surface area contributed by atoms with Crippen LogP contribution in [0.3, 0.4) is 0 Å². The van der Waals surface area contributed by atoms with E-state index in [1.165, 1.54) is 25.0 Å². The fourth-order valence-electron chi connectivity index (χ4n) is 1.72. The zero-order valence-corrected chi connectivity index (χ0v) is 10.4. The average molecular weight is 253 g/mol. The second kappa shape index (κ2) is 5.56. The van der Waals surface area contributed by atoms with Gasteiger partial charge in [0.05, 0.1) is 6.61 Å². The fourth-order valence-corrected chi connectivity index (χ4v) is 1.84. The van der Waals surface area contributed by atoms with Crippen LogP contribution < -0.4 is 5.73 Å². The minimum absolute atomic E-state index is 0.212. The van der Waals surface area contributed by atoms with Crippen LogP contribution in [0.4, 0.5) is 4.39 Å². The van der Waals surface area contributed by atoms with E-state index in [0.717, 1.165) is 24.5 Å². The van der Waals surface area contributed by atoms with Crippen molar-refractivity contribution in [3.63, 3.8) is 0 Å². The lowest BCUT2D eigenvalue weighted by Crippen LogP contribution is -2.10. The van der Waals surface area contributed by atoms with Crippen molar-refractivity contribution in [3.05, 3.63) is 35.1 Å². The van der Waals surface area contributed by atoms with Crippen molar-refractivity contribution in [2.24, 2.45) is 11.7 Å². The number of rotatable bonds is 6. The molecule has 1 aliphatic carbocycles. The first-order chi connectivity index (χ1) is 8.15. The molecule has 92 valence electrons. The Bertz CT molecular complexity index is 418. The molecule has 0 atom stereocenters. The van der Waals surface area contributed by atoms with Crippen LogP contribution in [0.25, 0.3) is 0 Å². The Balaban J connectivity index is 1.87. The van der Waals surface area contributed by atoms with Gasteiger partial charge in [-0.1, -0.05) is 25.1 Å². The second-order valence-corrected chi connectivity index (χ2v) is 4.94. The van der Waals surface area contributed by atoms with Gasteiger partial charge in [-0.25, -0.2) is 4.39 Å². The minimum atomic E-state index is -0.323. The first-order valence-electron chi connectivity index (χ1n) is 5.82. The van der Waals surface area contributed by atoms with Crippen molar-refractivity contribution < 1.29 is 9.13 Å². The normalized spacial score (nSPS) is 14.9. The smallest absolute Gasteiger partial charge is 0.124 e. The molecule has 1 aromatic carbocycles. The van der Waals surface area contributed by atoms with Crippen molar-refractivity contribution in [3.8, 4) is 0 Å². The number of hydrogen-bond donors (Lipinski definition) is 1. The summed E-state index contributed by atoms with van der Waals surface area (Å²) in [6, 6.07) is 4.58. The Morgan fingerprint density at radius 3 is 2.82 bits per heavy atom. The van der Waals surface area contributed by atoms with Gasteiger partial charge in [0.1, 0.15) is 10.8 Å². The van der Waals surface area contributed by atoms with Gasteiger partial charge in [-0.2, -0.15) is 0 Å². The third-order valence-corrected chi connectivity index (χ3v) is 3.11. The lowest BCUT2D eigenvalue weighted by atomic mass is 10.1. The summed E-state index contributed by atoms with van der Waals surface area (Å²) in [5, 5.41) is 0. The SMILES string of the molecule is NC(=S)c1cc(F)cc(COCCC2CC2)c1. The molecule has 0 amide bonds. The summed E-state index contributed by atoms with van der Waals surface area (Å²) < 4.78 is 18.8. The molecule has 2 rings (SSSR count). The van der Waals surface area contributed by atoms with E-state index in [9.17, 15) is 4.39 Å². The molecule has 1 aromatic rings. The maximum Gasteiger partial charge on any atom is 0.124 e. The van der Waals surface area contributed by atoms with Gasteiger partial charge in [0.2, 0.25) is 0 Å². The molecule has 0 heterocycles. The molecule has 2 N–H and O–H groups in total. The summed E-state index contributed by atoms with van der Waals surface area (Å²) >= 11 is 4.83. The third kappa shape index (κ3) is 4.06. The number of benzene rings is 1. The third-order valence-electron chi connectivity index (χ3n) is 2.88. The number of ether oxygens (including phenoxy) is 1. The monoisotopic (exact) mass is 253 g/mol. The molecule has 0 aliphatic heterocycles. The van der Waals surface area contributed by atoms with Gasteiger partial charge in [0.25, 0.3) is 0 Å². The summed E-state index contributed by atoms with van der Waals surface area (Å²) in [6.45, 7) is 1.16. The van der Waals surface area contributed by atoms with Gasteiger partial charge in [-0.05, 0) is 36.1 Å². The number of nitrogens with two attached hydrogens (primary N) is 1. The van der Waals surface area contributed by atoms with Gasteiger partial charge in [-0.15, -0.1) is 0 Å². The van der Waals surface area contributed by atoms with E-state index in [0.29, 0.717) is 12.2 Å². The fraction of sp³-hybridized carbons (Fsp3) is 0.462. The topological polar surface area (TPSA) is 35.2 Å². The summed E-state index contributed by atoms with van der Waals surface area (Å²) in [6.07, 6.45) is 3.77. The molecule has 1 saturated carbocycles. The summed E-state index contributed by atoms with van der Waals surface area (Å²) in [5.41, 5.74) is 6.82. The Morgan fingerprint density at radius 2 is 2.18 bits per heavy atom. The average Bonchev–Trinajstić information content (AvgIpc) is 3.07. The van der Waals surface area contributed by atoms with Crippen molar-refractivity contribution in [1.29, 1.82) is 0 Å². The van der Waals surface area contributed by atoms with E-state index in [4.69, 9.17) is 22.7 Å². The largest absolute Gasteiger partial charge is 0.389 e. The van der Waals surface area contributed by atoms with E-state index in [2.05, 4.69) is 0 Å². The predicted molar refractivity (Wildman–Crippen MR) is 69.3 cm³/mol. The van der Waals surface area contributed by atoms with E-state index >= 15 is 0 Å². The lowest BCUT2D eigenvalue weighted by molar-refractivity contribution is 0.115. The molecule has 1 aliphatic rings. The van der Waals surface area contributed by atoms with Crippen LogP contribution in [0.5, 0.6) is 0 Å². The van der Waals surface area contributed by atoms with Crippen LogP contribution in [0.1, 0.15) is 30.4 Å². The molecule has 0 bridgehead atoms. The van der Waals surface area contributed by atoms with Crippen molar-refractivity contribution >= 4 is 17.2 Å². The molecule has 4 heteroatoms. The Morgan fingerprint density at radius 1 is 1.41 bits per heavy atom. The number of hydrogen-bond acceptors (Lipinski definition) is 2. The molecule has 1 fully saturated rings. The maximum absolute atomic E-state index is 13.3. The first-order valence-corrected chi connectivity index (χ1v) is 6.23. The Hall–Kier alpha value is -1.00. The highest BCUT2D eigenvalue weighted by Crippen LogP contribution is 2.32. The number of halogens is 1. The number of thiocarbonyl (C=S) groups is 1. The van der Waals surface area contributed by atoms with Gasteiger partial charge in [0.15, 0.2) is 0 Å². The molecule has 0 aromatic heterocycles. The van der Waals surface area contributed by atoms with Gasteiger partial charge < -0.3 is 10.5 Å². The quantitative estimate of drug-likeness (QED) is 0.625. The van der Waals surface area contributed by atoms with E-state index in [1.807, 2.05) is 0 Å². The van der Waals surface area contributed by atoms with Crippen LogP contribution in [0, 0.1) is 11.7 Å². The first kappa shape index (κ1) is 12.5. The molecule has 0 radical (unpaired) electrons. The van der Waals surface area contributed by atoms with Crippen molar-refractivity contribution in [2.45, 2.75) is 25.9 Å². The molecular formula is C13H16FNOS. The summed E-state index contributed by atoms with van der Waals surface area (Å²) in [7, 11) is 0. The van der Waals surface area contributed by atoms with Gasteiger partial charge >= 0.3 is 0 Å². The molecular weight excluding hydrogens is 237 g/mol. The summed E-state index contributed by atoms with van der Waals surface area (Å²) in [5.74, 6) is 0.533.